The molecule has 1 atom stereocenters. The zero-order valence-electron chi connectivity index (χ0n) is 20.9. The number of rotatable bonds is 9. The lowest BCUT2D eigenvalue weighted by molar-refractivity contribution is -0.114. The number of benzene rings is 2. The molecule has 192 valence electrons. The number of nitrogens with zero attached hydrogens (tertiary/aromatic N) is 1. The van der Waals surface area contributed by atoms with Crippen molar-refractivity contribution in [2.75, 3.05) is 18.6 Å². The molecule has 0 heterocycles. The second-order valence-corrected chi connectivity index (χ2v) is 7.04. The Kier molecular flexibility index (Phi) is 15.4. The average Bonchev–Trinajstić information content (AvgIpc) is 2.86. The summed E-state index contributed by atoms with van der Waals surface area (Å²) < 4.78 is 29.7. The molecule has 9 heteroatoms. The number of hydrogen-bond donors (Lipinski definition) is 3. The van der Waals surface area contributed by atoms with Crippen molar-refractivity contribution in [3.8, 4) is 0 Å². The summed E-state index contributed by atoms with van der Waals surface area (Å²) in [5.74, 6) is -1.86. The number of nitrogens with one attached hydrogen (secondary N) is 2. The molecule has 2 aromatic carbocycles. The van der Waals surface area contributed by atoms with Gasteiger partial charge in [-0.25, -0.2) is 8.78 Å². The highest BCUT2D eigenvalue weighted by molar-refractivity contribution is 6.15. The van der Waals surface area contributed by atoms with E-state index in [1.54, 1.807) is 25.1 Å². The van der Waals surface area contributed by atoms with Gasteiger partial charge < -0.3 is 15.2 Å². The van der Waals surface area contributed by atoms with Crippen molar-refractivity contribution in [2.45, 2.75) is 46.8 Å². The normalized spacial score (nSPS) is 10.5. The van der Waals surface area contributed by atoms with Gasteiger partial charge in [0.05, 0.1) is 24.7 Å². The summed E-state index contributed by atoms with van der Waals surface area (Å²) >= 11 is 0. The zero-order valence-corrected chi connectivity index (χ0v) is 20.9. The lowest BCUT2D eigenvalue weighted by Gasteiger charge is -2.18. The Morgan fingerprint density at radius 1 is 1.23 bits per heavy atom. The summed E-state index contributed by atoms with van der Waals surface area (Å²) in [6.07, 6.45) is 0.743. The van der Waals surface area contributed by atoms with Crippen molar-refractivity contribution in [2.24, 2.45) is 0 Å². The molecular formula is C26H35F2N3O4. The smallest absolute Gasteiger partial charge is 0.258 e. The maximum atomic E-state index is 12.7. The fraction of sp³-hybridized carbons (Fsp3) is 0.346. The fourth-order valence-electron chi connectivity index (χ4n) is 2.51. The maximum Gasteiger partial charge on any atom is 0.258 e. The minimum absolute atomic E-state index is 0.142. The minimum Gasteiger partial charge on any atom is -0.392 e. The molecule has 2 amide bonds. The number of aliphatic hydroxyl groups is 1. The lowest BCUT2D eigenvalue weighted by Crippen LogP contribution is -2.32. The molecule has 0 fully saturated rings. The Morgan fingerprint density at radius 2 is 1.89 bits per heavy atom. The molecule has 0 aliphatic rings. The van der Waals surface area contributed by atoms with Gasteiger partial charge in [0, 0.05) is 36.4 Å². The van der Waals surface area contributed by atoms with Crippen LogP contribution in [0.15, 0.2) is 54.6 Å². The number of amides is 2. The number of carbonyl (C=O) groups excluding carboxylic acids is 2. The molecule has 3 N–H and O–H groups in total. The zero-order chi connectivity index (χ0) is 27.0. The second kappa shape index (κ2) is 17.1. The number of carbonyl (C=O) groups is 2. The molecule has 0 saturated carbocycles. The molecule has 0 aliphatic carbocycles. The number of methoxy groups -OCH3 is 1. The van der Waals surface area contributed by atoms with E-state index in [1.165, 1.54) is 25.3 Å². The first-order valence-electron chi connectivity index (χ1n) is 11.2. The maximum absolute atomic E-state index is 12.7. The van der Waals surface area contributed by atoms with Gasteiger partial charge in [-0.3, -0.25) is 19.9 Å². The Balaban J connectivity index is 0.000000742. The molecule has 2 aromatic rings. The largest absolute Gasteiger partial charge is 0.392 e. The predicted molar refractivity (Wildman–Crippen MR) is 135 cm³/mol. The summed E-state index contributed by atoms with van der Waals surface area (Å²) in [7, 11) is 1.46. The van der Waals surface area contributed by atoms with Gasteiger partial charge in [-0.15, -0.1) is 0 Å². The van der Waals surface area contributed by atoms with Crippen LogP contribution in [-0.2, 0) is 16.1 Å². The van der Waals surface area contributed by atoms with Gasteiger partial charge in [0.15, 0.2) is 0 Å². The van der Waals surface area contributed by atoms with Gasteiger partial charge in [-0.2, -0.15) is 0 Å². The molecular weight excluding hydrogens is 456 g/mol. The molecule has 0 saturated heterocycles. The van der Waals surface area contributed by atoms with Crippen LogP contribution in [0.2, 0.25) is 0 Å². The first-order chi connectivity index (χ1) is 16.6. The second-order valence-electron chi connectivity index (χ2n) is 7.04. The Labute approximate surface area is 205 Å². The van der Waals surface area contributed by atoms with E-state index in [4.69, 9.17) is 5.41 Å². The third-order valence-corrected chi connectivity index (χ3v) is 4.34. The summed E-state index contributed by atoms with van der Waals surface area (Å²) in [6.45, 7) is 11.4. The number of hydrogen-bond acceptors (Lipinski definition) is 5. The van der Waals surface area contributed by atoms with Crippen LogP contribution in [0.3, 0.4) is 0 Å². The highest BCUT2D eigenvalue weighted by Gasteiger charge is 2.17. The van der Waals surface area contributed by atoms with E-state index >= 15 is 0 Å². The van der Waals surface area contributed by atoms with Gasteiger partial charge in [0.2, 0.25) is 0 Å². The molecule has 7 nitrogen and oxygen atoms in total. The number of aliphatic hydroxyl groups excluding tert-OH is 1. The van der Waals surface area contributed by atoms with E-state index in [0.717, 1.165) is 17.3 Å². The summed E-state index contributed by atoms with van der Waals surface area (Å²) in [5, 5.41) is 19.2. The van der Waals surface area contributed by atoms with Crippen molar-refractivity contribution >= 4 is 23.8 Å². The summed E-state index contributed by atoms with van der Waals surface area (Å²) in [4.78, 5) is 25.3. The lowest BCUT2D eigenvalue weighted by atomic mass is 10.1. The highest BCUT2D eigenvalue weighted by Crippen LogP contribution is 2.18. The van der Waals surface area contributed by atoms with Crippen LogP contribution < -0.4 is 10.2 Å². The van der Waals surface area contributed by atoms with Gasteiger partial charge >= 0.3 is 0 Å². The van der Waals surface area contributed by atoms with Crippen molar-refractivity contribution in [1.29, 1.82) is 5.41 Å². The van der Waals surface area contributed by atoms with Crippen LogP contribution in [0.5, 0.6) is 0 Å². The van der Waals surface area contributed by atoms with Crippen LogP contribution >= 0.6 is 0 Å². The van der Waals surface area contributed by atoms with Gasteiger partial charge in [-0.1, -0.05) is 39.5 Å². The molecule has 2 rings (SSSR count). The SMILES string of the molecule is C=C(CC)C(=O)N(C=N)c1cccc(C(=O)NC[C@@H](C)O)c1.CC.COCc1ccc(F)cc1F. The molecule has 0 aromatic heterocycles. The average molecular weight is 492 g/mol. The van der Waals surface area contributed by atoms with Gasteiger partial charge in [-0.05, 0) is 37.6 Å². The molecule has 0 aliphatic heterocycles. The summed E-state index contributed by atoms with van der Waals surface area (Å²) in [5.41, 5.74) is 1.51. The Bertz CT molecular complexity index is 981. The number of halogens is 2. The van der Waals surface area contributed by atoms with E-state index in [9.17, 15) is 23.5 Å². The van der Waals surface area contributed by atoms with Crippen LogP contribution in [-0.4, -0.2) is 43.0 Å². The van der Waals surface area contributed by atoms with Crippen LogP contribution in [0.4, 0.5) is 14.5 Å². The van der Waals surface area contributed by atoms with E-state index in [-0.39, 0.29) is 25.0 Å². The third-order valence-electron chi connectivity index (χ3n) is 4.34. The Hall–Kier alpha value is -3.43. The number of ether oxygens (including phenoxy) is 1. The topological polar surface area (TPSA) is 103 Å². The van der Waals surface area contributed by atoms with Crippen LogP contribution in [0.25, 0.3) is 0 Å². The highest BCUT2D eigenvalue weighted by atomic mass is 19.1. The molecule has 0 bridgehead atoms. The van der Waals surface area contributed by atoms with E-state index < -0.39 is 17.7 Å². The first kappa shape index (κ1) is 31.6. The number of anilines is 1. The van der Waals surface area contributed by atoms with E-state index in [1.807, 2.05) is 20.8 Å². The van der Waals surface area contributed by atoms with Crippen molar-refractivity contribution in [3.05, 3.63) is 77.4 Å². The van der Waals surface area contributed by atoms with Crippen molar-refractivity contribution in [1.82, 2.24) is 5.32 Å². The van der Waals surface area contributed by atoms with Crippen LogP contribution in [0, 0.1) is 17.0 Å². The van der Waals surface area contributed by atoms with Gasteiger partial charge in [0.1, 0.15) is 11.6 Å². The van der Waals surface area contributed by atoms with Crippen molar-refractivity contribution < 1.29 is 28.2 Å². The molecule has 0 radical (unpaired) electrons. The molecule has 0 spiro atoms. The quantitative estimate of drug-likeness (QED) is 0.265. The monoisotopic (exact) mass is 491 g/mol. The fourth-order valence-corrected chi connectivity index (χ4v) is 2.51. The Morgan fingerprint density at radius 3 is 2.40 bits per heavy atom. The molecule has 0 unspecified atom stereocenters. The third kappa shape index (κ3) is 11.0. The van der Waals surface area contributed by atoms with Gasteiger partial charge in [0.25, 0.3) is 11.8 Å². The van der Waals surface area contributed by atoms with Crippen molar-refractivity contribution in [3.63, 3.8) is 0 Å². The first-order valence-corrected chi connectivity index (χ1v) is 11.2. The standard InChI is InChI=1S/C16H21N3O3.C8H8F2O.C2H6/c1-4-11(2)16(22)19(10-17)14-7-5-6-13(8-14)15(21)18-9-12(3)20;1-11-5-6-2-3-7(9)4-8(6)10;1-2/h5-8,10,12,17,20H,2,4,9H2,1,3H3,(H,18,21);2-4H,5H2,1H3;1-2H3/t12-;;/m1../s1. The predicted octanol–water partition coefficient (Wildman–Crippen LogP) is 4.84. The van der Waals surface area contributed by atoms with Crippen LogP contribution in [0.1, 0.15) is 50.0 Å². The molecule has 35 heavy (non-hydrogen) atoms. The van der Waals surface area contributed by atoms with E-state index in [2.05, 4.69) is 16.6 Å². The van der Waals surface area contributed by atoms with E-state index in [0.29, 0.717) is 28.8 Å². The summed E-state index contributed by atoms with van der Waals surface area (Å²) in [6, 6.07) is 9.80. The minimum atomic E-state index is -0.639.